The third-order valence-corrected chi connectivity index (χ3v) is 3.28. The third-order valence-electron chi connectivity index (χ3n) is 3.28. The Bertz CT molecular complexity index is 586. The summed E-state index contributed by atoms with van der Waals surface area (Å²) in [6.07, 6.45) is 1.78. The first-order chi connectivity index (χ1) is 9.15. The summed E-state index contributed by atoms with van der Waals surface area (Å²) in [5.74, 6) is -0.494. The second kappa shape index (κ2) is 5.74. The van der Waals surface area contributed by atoms with Crippen LogP contribution in [0.4, 0.5) is 0 Å². The standard InChI is InChI=1S/C16H18O3/c1-3-13(4-2)19-15-10-12-8-6-5-7-11(12)9-14(15)16(17)18/h5-10,13H,3-4H2,1-2H3,(H,17,18). The molecule has 0 amide bonds. The maximum Gasteiger partial charge on any atom is 0.339 e. The van der Waals surface area contributed by atoms with Gasteiger partial charge in [0.25, 0.3) is 0 Å². The summed E-state index contributed by atoms with van der Waals surface area (Å²) in [7, 11) is 0. The van der Waals surface area contributed by atoms with E-state index in [-0.39, 0.29) is 11.7 Å². The van der Waals surface area contributed by atoms with E-state index in [0.717, 1.165) is 23.6 Å². The van der Waals surface area contributed by atoms with Crippen molar-refractivity contribution >= 4 is 16.7 Å². The summed E-state index contributed by atoms with van der Waals surface area (Å²) in [5.41, 5.74) is 0.227. The lowest BCUT2D eigenvalue weighted by Gasteiger charge is -2.17. The van der Waals surface area contributed by atoms with Crippen molar-refractivity contribution in [3.8, 4) is 5.75 Å². The number of fused-ring (bicyclic) bond motifs is 1. The molecule has 1 N–H and O–H groups in total. The molecular formula is C16H18O3. The number of carboxylic acids is 1. The van der Waals surface area contributed by atoms with Gasteiger partial charge in [-0.15, -0.1) is 0 Å². The molecule has 0 bridgehead atoms. The molecule has 0 aromatic heterocycles. The second-order valence-electron chi connectivity index (χ2n) is 4.56. The van der Waals surface area contributed by atoms with E-state index in [1.807, 2.05) is 44.2 Å². The molecule has 0 fully saturated rings. The van der Waals surface area contributed by atoms with Gasteiger partial charge >= 0.3 is 5.97 Å². The third kappa shape index (κ3) is 2.87. The van der Waals surface area contributed by atoms with E-state index >= 15 is 0 Å². The quantitative estimate of drug-likeness (QED) is 0.878. The molecule has 0 spiro atoms. The normalized spacial score (nSPS) is 10.9. The van der Waals surface area contributed by atoms with Crippen molar-refractivity contribution in [2.24, 2.45) is 0 Å². The van der Waals surface area contributed by atoms with Crippen LogP contribution in [0, 0.1) is 0 Å². The molecule has 0 unspecified atom stereocenters. The van der Waals surface area contributed by atoms with Crippen molar-refractivity contribution in [2.75, 3.05) is 0 Å². The van der Waals surface area contributed by atoms with Crippen LogP contribution in [0.2, 0.25) is 0 Å². The van der Waals surface area contributed by atoms with Crippen molar-refractivity contribution in [1.82, 2.24) is 0 Å². The number of benzene rings is 2. The molecule has 3 nitrogen and oxygen atoms in total. The molecule has 0 aliphatic rings. The van der Waals surface area contributed by atoms with E-state index in [2.05, 4.69) is 0 Å². The lowest BCUT2D eigenvalue weighted by molar-refractivity contribution is 0.0688. The van der Waals surface area contributed by atoms with E-state index < -0.39 is 5.97 Å². The zero-order valence-corrected chi connectivity index (χ0v) is 11.2. The minimum Gasteiger partial charge on any atom is -0.490 e. The molecule has 2 aromatic carbocycles. The van der Waals surface area contributed by atoms with Gasteiger partial charge in [-0.05, 0) is 35.7 Å². The largest absolute Gasteiger partial charge is 0.490 e. The van der Waals surface area contributed by atoms with E-state index in [0.29, 0.717) is 5.75 Å². The Hall–Kier alpha value is -2.03. The minimum atomic E-state index is -0.952. The number of rotatable bonds is 5. The molecule has 19 heavy (non-hydrogen) atoms. The maximum absolute atomic E-state index is 11.3. The average molecular weight is 258 g/mol. The molecule has 0 aliphatic heterocycles. The van der Waals surface area contributed by atoms with Crippen LogP contribution in [0.1, 0.15) is 37.0 Å². The van der Waals surface area contributed by atoms with Gasteiger partial charge in [-0.25, -0.2) is 4.79 Å². The first-order valence-corrected chi connectivity index (χ1v) is 6.58. The van der Waals surface area contributed by atoms with E-state index in [4.69, 9.17) is 4.74 Å². The van der Waals surface area contributed by atoms with Crippen LogP contribution in [-0.4, -0.2) is 17.2 Å². The van der Waals surface area contributed by atoms with Gasteiger partial charge in [0.15, 0.2) is 0 Å². The van der Waals surface area contributed by atoms with Crippen molar-refractivity contribution in [3.63, 3.8) is 0 Å². The molecule has 100 valence electrons. The van der Waals surface area contributed by atoms with Gasteiger partial charge in [-0.3, -0.25) is 0 Å². The van der Waals surface area contributed by atoms with Crippen LogP contribution in [0.25, 0.3) is 10.8 Å². The number of carboxylic acid groups (broad SMARTS) is 1. The van der Waals surface area contributed by atoms with Gasteiger partial charge in [0.05, 0.1) is 6.10 Å². The maximum atomic E-state index is 11.3. The van der Waals surface area contributed by atoms with Gasteiger partial charge in [-0.2, -0.15) is 0 Å². The number of aromatic carboxylic acids is 1. The van der Waals surface area contributed by atoms with Gasteiger partial charge in [0.2, 0.25) is 0 Å². The Balaban J connectivity index is 2.50. The van der Waals surface area contributed by atoms with Crippen LogP contribution >= 0.6 is 0 Å². The first kappa shape index (κ1) is 13.4. The first-order valence-electron chi connectivity index (χ1n) is 6.58. The summed E-state index contributed by atoms with van der Waals surface area (Å²) in [6.45, 7) is 4.07. The molecule has 0 heterocycles. The highest BCUT2D eigenvalue weighted by Gasteiger charge is 2.15. The molecule has 0 aliphatic carbocycles. The van der Waals surface area contributed by atoms with Gasteiger partial charge in [0.1, 0.15) is 11.3 Å². The van der Waals surface area contributed by atoms with Gasteiger partial charge in [-0.1, -0.05) is 38.1 Å². The summed E-state index contributed by atoms with van der Waals surface area (Å²) < 4.78 is 5.83. The molecule has 0 saturated carbocycles. The van der Waals surface area contributed by atoms with Crippen molar-refractivity contribution < 1.29 is 14.6 Å². The average Bonchev–Trinajstić information content (AvgIpc) is 2.43. The summed E-state index contributed by atoms with van der Waals surface area (Å²) in [5, 5.41) is 11.2. The van der Waals surface area contributed by atoms with Crippen molar-refractivity contribution in [2.45, 2.75) is 32.8 Å². The summed E-state index contributed by atoms with van der Waals surface area (Å²) in [4.78, 5) is 11.3. The van der Waals surface area contributed by atoms with Gasteiger partial charge < -0.3 is 9.84 Å². The molecule has 2 rings (SSSR count). The summed E-state index contributed by atoms with van der Waals surface area (Å²) in [6, 6.07) is 11.2. The fourth-order valence-electron chi connectivity index (χ4n) is 2.12. The molecule has 0 radical (unpaired) electrons. The fourth-order valence-corrected chi connectivity index (χ4v) is 2.12. The Kier molecular flexibility index (Phi) is 4.05. The Morgan fingerprint density at radius 3 is 2.26 bits per heavy atom. The summed E-state index contributed by atoms with van der Waals surface area (Å²) >= 11 is 0. The SMILES string of the molecule is CCC(CC)Oc1cc2ccccc2cc1C(=O)O. The topological polar surface area (TPSA) is 46.5 Å². The molecule has 3 heteroatoms. The van der Waals surface area contributed by atoms with Crippen LogP contribution < -0.4 is 4.74 Å². The van der Waals surface area contributed by atoms with Crippen LogP contribution in [-0.2, 0) is 0 Å². The van der Waals surface area contributed by atoms with Crippen LogP contribution in [0.15, 0.2) is 36.4 Å². The minimum absolute atomic E-state index is 0.0549. The molecule has 0 saturated heterocycles. The Morgan fingerprint density at radius 1 is 1.16 bits per heavy atom. The molecule has 2 aromatic rings. The number of hydrogen-bond donors (Lipinski definition) is 1. The van der Waals surface area contributed by atoms with Crippen molar-refractivity contribution in [3.05, 3.63) is 42.0 Å². The van der Waals surface area contributed by atoms with E-state index in [1.165, 1.54) is 0 Å². The molecular weight excluding hydrogens is 240 g/mol. The zero-order chi connectivity index (χ0) is 13.8. The number of carbonyl (C=O) groups is 1. The highest BCUT2D eigenvalue weighted by atomic mass is 16.5. The second-order valence-corrected chi connectivity index (χ2v) is 4.56. The lowest BCUT2D eigenvalue weighted by atomic mass is 10.1. The van der Waals surface area contributed by atoms with Gasteiger partial charge in [0, 0.05) is 0 Å². The van der Waals surface area contributed by atoms with E-state index in [1.54, 1.807) is 6.07 Å². The predicted molar refractivity (Wildman–Crippen MR) is 75.9 cm³/mol. The predicted octanol–water partition coefficient (Wildman–Crippen LogP) is 4.11. The van der Waals surface area contributed by atoms with Crippen LogP contribution in [0.5, 0.6) is 5.75 Å². The fraction of sp³-hybridized carbons (Fsp3) is 0.312. The number of ether oxygens (including phenoxy) is 1. The van der Waals surface area contributed by atoms with E-state index in [9.17, 15) is 9.90 Å². The monoisotopic (exact) mass is 258 g/mol. The Labute approximate surface area is 112 Å². The van der Waals surface area contributed by atoms with Crippen LogP contribution in [0.3, 0.4) is 0 Å². The highest BCUT2D eigenvalue weighted by Crippen LogP contribution is 2.27. The zero-order valence-electron chi connectivity index (χ0n) is 11.2. The smallest absolute Gasteiger partial charge is 0.339 e. The number of hydrogen-bond acceptors (Lipinski definition) is 2. The Morgan fingerprint density at radius 2 is 1.74 bits per heavy atom. The van der Waals surface area contributed by atoms with Crippen molar-refractivity contribution in [1.29, 1.82) is 0 Å². The highest BCUT2D eigenvalue weighted by molar-refractivity contribution is 5.97. The lowest BCUT2D eigenvalue weighted by Crippen LogP contribution is -2.15. The molecule has 0 atom stereocenters.